The third-order valence-electron chi connectivity index (χ3n) is 3.10. The Morgan fingerprint density at radius 2 is 1.70 bits per heavy atom. The molecule has 0 bridgehead atoms. The largest absolute Gasteiger partial charge is 0.459 e. The van der Waals surface area contributed by atoms with Crippen LogP contribution < -0.4 is 10.6 Å². The van der Waals surface area contributed by atoms with E-state index in [1.165, 1.54) is 6.26 Å². The Bertz CT molecular complexity index is 815. The number of rotatable bonds is 4. The molecule has 0 aliphatic heterocycles. The minimum Gasteiger partial charge on any atom is -0.459 e. The SMILES string of the molecule is O=C(Nc1ccc(Nc2ccc(Cl)cc2Cl)cc1)c1ccco1. The van der Waals surface area contributed by atoms with Crippen molar-refractivity contribution in [3.8, 4) is 0 Å². The van der Waals surface area contributed by atoms with Gasteiger partial charge in [0.1, 0.15) is 0 Å². The summed E-state index contributed by atoms with van der Waals surface area (Å²) in [6.45, 7) is 0. The molecule has 0 saturated heterocycles. The van der Waals surface area contributed by atoms with Crippen LogP contribution in [-0.4, -0.2) is 5.91 Å². The number of furan rings is 1. The number of benzene rings is 2. The molecule has 2 N–H and O–H groups in total. The van der Waals surface area contributed by atoms with Crippen molar-refractivity contribution in [3.05, 3.63) is 76.7 Å². The van der Waals surface area contributed by atoms with Crippen molar-refractivity contribution >= 4 is 46.2 Å². The van der Waals surface area contributed by atoms with Gasteiger partial charge in [0.15, 0.2) is 5.76 Å². The van der Waals surface area contributed by atoms with Crippen LogP contribution in [-0.2, 0) is 0 Å². The highest BCUT2D eigenvalue weighted by atomic mass is 35.5. The summed E-state index contributed by atoms with van der Waals surface area (Å²) in [5, 5.41) is 7.05. The number of amides is 1. The summed E-state index contributed by atoms with van der Waals surface area (Å²) < 4.78 is 5.04. The third kappa shape index (κ3) is 3.86. The molecule has 4 nitrogen and oxygen atoms in total. The number of carbonyl (C=O) groups excluding carboxylic acids is 1. The van der Waals surface area contributed by atoms with Crippen molar-refractivity contribution in [3.63, 3.8) is 0 Å². The second-order valence-corrected chi connectivity index (χ2v) is 5.60. The van der Waals surface area contributed by atoms with Crippen LogP contribution in [0.3, 0.4) is 0 Å². The molecular weight excluding hydrogens is 335 g/mol. The Morgan fingerprint density at radius 1 is 0.957 bits per heavy atom. The van der Waals surface area contributed by atoms with Gasteiger partial charge in [0.2, 0.25) is 0 Å². The molecule has 2 aromatic carbocycles. The minimum atomic E-state index is -0.295. The molecule has 0 unspecified atom stereocenters. The molecule has 0 fully saturated rings. The molecule has 1 aromatic heterocycles. The molecule has 1 heterocycles. The molecule has 3 rings (SSSR count). The maximum atomic E-state index is 11.9. The van der Waals surface area contributed by atoms with Crippen molar-refractivity contribution in [1.82, 2.24) is 0 Å². The Morgan fingerprint density at radius 3 is 2.35 bits per heavy atom. The van der Waals surface area contributed by atoms with E-state index in [4.69, 9.17) is 27.6 Å². The van der Waals surface area contributed by atoms with Gasteiger partial charge in [-0.2, -0.15) is 0 Å². The molecule has 1 amide bonds. The Kier molecular flexibility index (Phi) is 4.55. The molecule has 0 atom stereocenters. The van der Waals surface area contributed by atoms with Gasteiger partial charge in [-0.05, 0) is 54.6 Å². The van der Waals surface area contributed by atoms with E-state index in [9.17, 15) is 4.79 Å². The van der Waals surface area contributed by atoms with Crippen LogP contribution in [0.2, 0.25) is 10.0 Å². The predicted molar refractivity (Wildman–Crippen MR) is 92.8 cm³/mol. The number of nitrogens with one attached hydrogen (secondary N) is 2. The van der Waals surface area contributed by atoms with Gasteiger partial charge in [-0.15, -0.1) is 0 Å². The molecule has 0 radical (unpaired) electrons. The Labute approximate surface area is 143 Å². The predicted octanol–water partition coefficient (Wildman–Crippen LogP) is 5.58. The summed E-state index contributed by atoms with van der Waals surface area (Å²) in [7, 11) is 0. The molecule has 0 saturated carbocycles. The zero-order valence-electron chi connectivity index (χ0n) is 11.8. The summed E-state index contributed by atoms with van der Waals surface area (Å²) in [5.74, 6) is -0.0309. The zero-order chi connectivity index (χ0) is 16.2. The Hall–Kier alpha value is -2.43. The van der Waals surface area contributed by atoms with E-state index in [1.54, 1.807) is 42.5 Å². The number of hydrogen-bond donors (Lipinski definition) is 2. The number of carbonyl (C=O) groups is 1. The van der Waals surface area contributed by atoms with Crippen molar-refractivity contribution in [2.45, 2.75) is 0 Å². The van der Waals surface area contributed by atoms with E-state index in [0.717, 1.165) is 11.4 Å². The Balaban J connectivity index is 1.68. The smallest absolute Gasteiger partial charge is 0.291 e. The maximum Gasteiger partial charge on any atom is 0.291 e. The van der Waals surface area contributed by atoms with Crippen LogP contribution in [0.4, 0.5) is 17.1 Å². The first-order valence-electron chi connectivity index (χ1n) is 6.79. The first kappa shape index (κ1) is 15.5. The maximum absolute atomic E-state index is 11.9. The van der Waals surface area contributed by atoms with Crippen molar-refractivity contribution in [2.24, 2.45) is 0 Å². The van der Waals surface area contributed by atoms with Gasteiger partial charge in [-0.3, -0.25) is 4.79 Å². The molecular formula is C17H12Cl2N2O2. The second kappa shape index (κ2) is 6.77. The summed E-state index contributed by atoms with van der Waals surface area (Å²) in [6, 6.07) is 15.7. The summed E-state index contributed by atoms with van der Waals surface area (Å²) in [6.07, 6.45) is 1.46. The first-order chi connectivity index (χ1) is 11.1. The minimum absolute atomic E-state index is 0.264. The van der Waals surface area contributed by atoms with Gasteiger partial charge in [-0.1, -0.05) is 23.2 Å². The third-order valence-corrected chi connectivity index (χ3v) is 3.65. The quantitative estimate of drug-likeness (QED) is 0.648. The van der Waals surface area contributed by atoms with Crippen LogP contribution in [0.25, 0.3) is 0 Å². The van der Waals surface area contributed by atoms with Crippen LogP contribution in [0.1, 0.15) is 10.6 Å². The fourth-order valence-corrected chi connectivity index (χ4v) is 2.44. The van der Waals surface area contributed by atoms with E-state index >= 15 is 0 Å². The van der Waals surface area contributed by atoms with Crippen molar-refractivity contribution in [1.29, 1.82) is 0 Å². The van der Waals surface area contributed by atoms with Crippen LogP contribution >= 0.6 is 23.2 Å². The number of anilines is 3. The summed E-state index contributed by atoms with van der Waals surface area (Å²) in [4.78, 5) is 11.9. The van der Waals surface area contributed by atoms with Crippen molar-refractivity contribution < 1.29 is 9.21 Å². The highest BCUT2D eigenvalue weighted by Crippen LogP contribution is 2.28. The van der Waals surface area contributed by atoms with Crippen LogP contribution in [0.15, 0.2) is 65.3 Å². The lowest BCUT2D eigenvalue weighted by Gasteiger charge is -2.10. The molecule has 0 aliphatic rings. The van der Waals surface area contributed by atoms with Gasteiger partial charge in [0.25, 0.3) is 5.91 Å². The van der Waals surface area contributed by atoms with E-state index in [0.29, 0.717) is 15.7 Å². The molecule has 0 aliphatic carbocycles. The molecule has 6 heteroatoms. The highest BCUT2D eigenvalue weighted by Gasteiger charge is 2.08. The molecule has 3 aromatic rings. The average molecular weight is 347 g/mol. The van der Waals surface area contributed by atoms with E-state index in [-0.39, 0.29) is 11.7 Å². The average Bonchev–Trinajstić information content (AvgIpc) is 3.06. The van der Waals surface area contributed by atoms with Gasteiger partial charge in [0.05, 0.1) is 17.0 Å². The standard InChI is InChI=1S/C17H12Cl2N2O2/c18-11-3-8-15(14(19)10-11)20-12-4-6-13(7-5-12)21-17(22)16-2-1-9-23-16/h1-10,20H,(H,21,22). The van der Waals surface area contributed by atoms with Gasteiger partial charge in [0, 0.05) is 16.4 Å². The lowest BCUT2D eigenvalue weighted by molar-refractivity contribution is 0.0996. The molecule has 0 spiro atoms. The van der Waals surface area contributed by atoms with Crippen molar-refractivity contribution in [2.75, 3.05) is 10.6 Å². The van der Waals surface area contributed by atoms with E-state index in [2.05, 4.69) is 10.6 Å². The van der Waals surface area contributed by atoms with Crippen LogP contribution in [0, 0.1) is 0 Å². The summed E-state index contributed by atoms with van der Waals surface area (Å²) >= 11 is 12.0. The van der Waals surface area contributed by atoms with Crippen LogP contribution in [0.5, 0.6) is 0 Å². The first-order valence-corrected chi connectivity index (χ1v) is 7.54. The summed E-state index contributed by atoms with van der Waals surface area (Å²) in [5.41, 5.74) is 2.26. The fraction of sp³-hybridized carbons (Fsp3) is 0. The van der Waals surface area contributed by atoms with E-state index < -0.39 is 0 Å². The van der Waals surface area contributed by atoms with Gasteiger partial charge in [-0.25, -0.2) is 0 Å². The monoisotopic (exact) mass is 346 g/mol. The lowest BCUT2D eigenvalue weighted by Crippen LogP contribution is -2.10. The second-order valence-electron chi connectivity index (χ2n) is 4.76. The lowest BCUT2D eigenvalue weighted by atomic mass is 10.2. The molecule has 23 heavy (non-hydrogen) atoms. The fourth-order valence-electron chi connectivity index (χ4n) is 1.98. The topological polar surface area (TPSA) is 54.3 Å². The van der Waals surface area contributed by atoms with E-state index in [1.807, 2.05) is 12.1 Å². The highest BCUT2D eigenvalue weighted by molar-refractivity contribution is 6.36. The normalized spacial score (nSPS) is 10.3. The number of halogens is 2. The van der Waals surface area contributed by atoms with Gasteiger partial charge < -0.3 is 15.1 Å². The zero-order valence-corrected chi connectivity index (χ0v) is 13.4. The molecule has 116 valence electrons. The number of hydrogen-bond acceptors (Lipinski definition) is 3. The van der Waals surface area contributed by atoms with Gasteiger partial charge >= 0.3 is 0 Å².